The van der Waals surface area contributed by atoms with Gasteiger partial charge in [-0.2, -0.15) is 0 Å². The van der Waals surface area contributed by atoms with E-state index < -0.39 is 0 Å². The van der Waals surface area contributed by atoms with Gasteiger partial charge in [0.1, 0.15) is 11.9 Å². The summed E-state index contributed by atoms with van der Waals surface area (Å²) >= 11 is 0. The lowest BCUT2D eigenvalue weighted by molar-refractivity contribution is 0.227. The topological polar surface area (TPSA) is 41.5 Å². The number of aliphatic hydroxyl groups excluding tert-OH is 1. The number of aryl methyl sites for hydroxylation is 1. The quantitative estimate of drug-likeness (QED) is 0.886. The lowest BCUT2D eigenvalue weighted by atomic mass is 10.1. The summed E-state index contributed by atoms with van der Waals surface area (Å²) in [5.74, 6) is 1.02. The molecule has 3 rings (SSSR count). The number of aliphatic hydroxyl groups is 1. The van der Waals surface area contributed by atoms with Crippen LogP contribution in [-0.2, 0) is 19.6 Å². The van der Waals surface area contributed by atoms with Gasteiger partial charge in [0, 0.05) is 19.5 Å². The number of fused-ring (bicyclic) bond motifs is 1. The van der Waals surface area contributed by atoms with Crippen LogP contribution in [0.15, 0.2) is 42.5 Å². The fraction of sp³-hybridized carbons (Fsp3) is 0.333. The van der Waals surface area contributed by atoms with E-state index in [1.165, 1.54) is 16.7 Å². The number of nitrogens with one attached hydrogen (secondary N) is 1. The van der Waals surface area contributed by atoms with Crippen LogP contribution < -0.4 is 10.1 Å². The third-order valence-electron chi connectivity index (χ3n) is 3.83. The van der Waals surface area contributed by atoms with Crippen LogP contribution >= 0.6 is 0 Å². The van der Waals surface area contributed by atoms with Crippen LogP contribution in [0.25, 0.3) is 0 Å². The van der Waals surface area contributed by atoms with Crippen LogP contribution in [0.4, 0.5) is 0 Å². The number of rotatable bonds is 5. The third kappa shape index (κ3) is 3.43. The highest BCUT2D eigenvalue weighted by Crippen LogP contribution is 2.29. The smallest absolute Gasteiger partial charge is 0.123 e. The van der Waals surface area contributed by atoms with Crippen molar-refractivity contribution in [3.8, 4) is 5.75 Å². The van der Waals surface area contributed by atoms with E-state index >= 15 is 0 Å². The fourth-order valence-electron chi connectivity index (χ4n) is 2.78. The Bertz CT molecular complexity index is 624. The van der Waals surface area contributed by atoms with E-state index in [0.717, 1.165) is 30.8 Å². The van der Waals surface area contributed by atoms with Gasteiger partial charge in [0.15, 0.2) is 0 Å². The first-order chi connectivity index (χ1) is 10.2. The molecule has 1 aliphatic heterocycles. The lowest BCUT2D eigenvalue weighted by Crippen LogP contribution is -2.29. The second-order valence-electron chi connectivity index (χ2n) is 5.66. The Morgan fingerprint density at radius 1 is 1.19 bits per heavy atom. The minimum absolute atomic E-state index is 0.0915. The Morgan fingerprint density at radius 2 is 2.05 bits per heavy atom. The highest BCUT2D eigenvalue weighted by Gasteiger charge is 2.22. The number of benzene rings is 2. The van der Waals surface area contributed by atoms with Gasteiger partial charge in [0.05, 0.1) is 6.61 Å². The monoisotopic (exact) mass is 283 g/mol. The maximum atomic E-state index is 9.14. The van der Waals surface area contributed by atoms with Gasteiger partial charge in [-0.15, -0.1) is 0 Å². The summed E-state index contributed by atoms with van der Waals surface area (Å²) in [5.41, 5.74) is 4.73. The molecule has 0 saturated heterocycles. The van der Waals surface area contributed by atoms with Gasteiger partial charge in [-0.05, 0) is 29.7 Å². The number of hydrogen-bond donors (Lipinski definition) is 2. The zero-order chi connectivity index (χ0) is 14.7. The Morgan fingerprint density at radius 3 is 2.90 bits per heavy atom. The van der Waals surface area contributed by atoms with Crippen molar-refractivity contribution < 1.29 is 9.84 Å². The summed E-state index contributed by atoms with van der Waals surface area (Å²) in [7, 11) is 0. The van der Waals surface area contributed by atoms with Crippen molar-refractivity contribution >= 4 is 0 Å². The average Bonchev–Trinajstić information content (AvgIpc) is 2.89. The largest absolute Gasteiger partial charge is 0.488 e. The standard InChI is InChI=1S/C18H21NO2/c1-13-5-6-18-16(7-13)9-17(21-18)11-19-10-14-3-2-4-15(8-14)12-20/h2-8,17,19-20H,9-12H2,1H3. The molecule has 110 valence electrons. The Hall–Kier alpha value is -1.84. The van der Waals surface area contributed by atoms with E-state index in [9.17, 15) is 0 Å². The molecule has 21 heavy (non-hydrogen) atoms. The molecule has 0 fully saturated rings. The highest BCUT2D eigenvalue weighted by molar-refractivity contribution is 5.40. The second kappa shape index (κ2) is 6.29. The molecule has 3 nitrogen and oxygen atoms in total. The number of hydrogen-bond acceptors (Lipinski definition) is 3. The van der Waals surface area contributed by atoms with Crippen LogP contribution in [0, 0.1) is 6.92 Å². The maximum absolute atomic E-state index is 9.14. The molecule has 1 unspecified atom stereocenters. The van der Waals surface area contributed by atoms with Crippen molar-refractivity contribution in [3.05, 3.63) is 64.7 Å². The molecular weight excluding hydrogens is 262 g/mol. The minimum Gasteiger partial charge on any atom is -0.488 e. The molecule has 3 heteroatoms. The van der Waals surface area contributed by atoms with Crippen LogP contribution in [0.5, 0.6) is 5.75 Å². The van der Waals surface area contributed by atoms with E-state index in [1.54, 1.807) is 0 Å². The van der Waals surface area contributed by atoms with E-state index in [4.69, 9.17) is 9.84 Å². The number of ether oxygens (including phenoxy) is 1. The van der Waals surface area contributed by atoms with E-state index in [-0.39, 0.29) is 12.7 Å². The normalized spacial score (nSPS) is 16.6. The predicted octanol–water partition coefficient (Wildman–Crippen LogP) is 2.58. The van der Waals surface area contributed by atoms with Gasteiger partial charge >= 0.3 is 0 Å². The first-order valence-corrected chi connectivity index (χ1v) is 7.40. The average molecular weight is 283 g/mol. The molecule has 0 bridgehead atoms. The molecule has 0 aromatic heterocycles. The zero-order valence-corrected chi connectivity index (χ0v) is 12.3. The summed E-state index contributed by atoms with van der Waals surface area (Å²) in [6.07, 6.45) is 1.18. The lowest BCUT2D eigenvalue weighted by Gasteiger charge is -2.12. The molecule has 2 N–H and O–H groups in total. The van der Waals surface area contributed by atoms with Gasteiger partial charge in [0.2, 0.25) is 0 Å². The molecular formula is C18H21NO2. The molecule has 0 radical (unpaired) electrons. The summed E-state index contributed by atoms with van der Waals surface area (Å²) in [5, 5.41) is 12.6. The van der Waals surface area contributed by atoms with Gasteiger partial charge in [-0.25, -0.2) is 0 Å². The van der Waals surface area contributed by atoms with Crippen molar-refractivity contribution in [1.29, 1.82) is 0 Å². The van der Waals surface area contributed by atoms with Crippen LogP contribution in [0.3, 0.4) is 0 Å². The summed E-state index contributed by atoms with van der Waals surface area (Å²) in [4.78, 5) is 0. The van der Waals surface area contributed by atoms with Gasteiger partial charge in [0.25, 0.3) is 0 Å². The molecule has 0 aliphatic carbocycles. The summed E-state index contributed by atoms with van der Waals surface area (Å²) in [6.45, 7) is 3.83. The van der Waals surface area contributed by atoms with Crippen LogP contribution in [0.1, 0.15) is 22.3 Å². The van der Waals surface area contributed by atoms with Crippen LogP contribution in [0.2, 0.25) is 0 Å². The van der Waals surface area contributed by atoms with Crippen molar-refractivity contribution in [3.63, 3.8) is 0 Å². The van der Waals surface area contributed by atoms with Crippen molar-refractivity contribution in [2.24, 2.45) is 0 Å². The first kappa shape index (κ1) is 14.1. The molecule has 0 spiro atoms. The fourth-order valence-corrected chi connectivity index (χ4v) is 2.78. The molecule has 1 aliphatic rings. The first-order valence-electron chi connectivity index (χ1n) is 7.40. The Balaban J connectivity index is 1.51. The van der Waals surface area contributed by atoms with Crippen molar-refractivity contribution in [1.82, 2.24) is 5.32 Å². The van der Waals surface area contributed by atoms with Gasteiger partial charge in [-0.1, -0.05) is 42.0 Å². The SMILES string of the molecule is Cc1ccc2c(c1)CC(CNCc1cccc(CO)c1)O2. The zero-order valence-electron chi connectivity index (χ0n) is 12.3. The minimum atomic E-state index is 0.0915. The molecule has 2 aromatic carbocycles. The van der Waals surface area contributed by atoms with Crippen LogP contribution in [-0.4, -0.2) is 17.8 Å². The summed E-state index contributed by atoms with van der Waals surface area (Å²) in [6, 6.07) is 14.4. The van der Waals surface area contributed by atoms with Gasteiger partial charge in [-0.3, -0.25) is 0 Å². The highest BCUT2D eigenvalue weighted by atomic mass is 16.5. The molecule has 2 aromatic rings. The van der Waals surface area contributed by atoms with E-state index in [2.05, 4.69) is 36.5 Å². The van der Waals surface area contributed by atoms with Gasteiger partial charge < -0.3 is 15.2 Å². The second-order valence-corrected chi connectivity index (χ2v) is 5.66. The van der Waals surface area contributed by atoms with E-state index in [1.807, 2.05) is 18.2 Å². The van der Waals surface area contributed by atoms with E-state index in [0.29, 0.717) is 0 Å². The summed E-state index contributed by atoms with van der Waals surface area (Å²) < 4.78 is 5.94. The molecule has 1 atom stereocenters. The van der Waals surface area contributed by atoms with Crippen molar-refractivity contribution in [2.45, 2.75) is 32.6 Å². The molecule has 0 saturated carbocycles. The Kier molecular flexibility index (Phi) is 4.23. The predicted molar refractivity (Wildman–Crippen MR) is 83.4 cm³/mol. The molecule has 1 heterocycles. The third-order valence-corrected chi connectivity index (χ3v) is 3.83. The van der Waals surface area contributed by atoms with Crippen molar-refractivity contribution in [2.75, 3.05) is 6.54 Å². The Labute approximate surface area is 125 Å². The molecule has 0 amide bonds. The maximum Gasteiger partial charge on any atom is 0.123 e.